The van der Waals surface area contributed by atoms with Crippen molar-refractivity contribution in [1.82, 2.24) is 24.6 Å². The number of aryl methyl sites for hydroxylation is 1. The van der Waals surface area contributed by atoms with Crippen LogP contribution >= 0.6 is 0 Å². The van der Waals surface area contributed by atoms with Gasteiger partial charge in [-0.05, 0) is 26.2 Å². The molecule has 2 saturated heterocycles. The van der Waals surface area contributed by atoms with E-state index in [0.717, 1.165) is 58.2 Å². The zero-order valence-electron chi connectivity index (χ0n) is 17.0. The van der Waals surface area contributed by atoms with Gasteiger partial charge in [-0.25, -0.2) is 9.97 Å². The Morgan fingerprint density at radius 3 is 2.86 bits per heavy atom. The first-order valence-electron chi connectivity index (χ1n) is 10.7. The van der Waals surface area contributed by atoms with Gasteiger partial charge in [-0.2, -0.15) is 5.10 Å². The van der Waals surface area contributed by atoms with Gasteiger partial charge in [-0.3, -0.25) is 9.58 Å². The highest BCUT2D eigenvalue weighted by atomic mass is 16.5. The van der Waals surface area contributed by atoms with Gasteiger partial charge in [0.2, 0.25) is 5.95 Å². The van der Waals surface area contributed by atoms with E-state index in [-0.39, 0.29) is 0 Å². The summed E-state index contributed by atoms with van der Waals surface area (Å²) in [6, 6.07) is 1.03. The van der Waals surface area contributed by atoms with Crippen molar-refractivity contribution in [2.45, 2.75) is 64.7 Å². The summed E-state index contributed by atoms with van der Waals surface area (Å²) >= 11 is 0. The molecule has 3 aliphatic heterocycles. The average molecular weight is 383 g/mol. The number of nitrogens with zero attached hydrogens (tertiary/aromatic N) is 6. The fourth-order valence-electron chi connectivity index (χ4n) is 5.00. The molecule has 0 aliphatic carbocycles. The molecule has 0 N–H and O–H groups in total. The van der Waals surface area contributed by atoms with Gasteiger partial charge in [-0.1, -0.05) is 6.92 Å². The quantitative estimate of drug-likeness (QED) is 0.792. The standard InChI is InChI=1S/C21H30N6O/c1-3-6-27-15(2)16(12-23-27)14-26-17-4-5-20(26)18-13-22-21(24-19(18)11-17)25-7-9-28-10-8-25/h12-13,17,20H,3-11,14H2,1-2H3. The molecule has 7 nitrogen and oxygen atoms in total. The molecular formula is C21H30N6O. The number of rotatable bonds is 5. The molecule has 5 heterocycles. The van der Waals surface area contributed by atoms with Gasteiger partial charge >= 0.3 is 0 Å². The summed E-state index contributed by atoms with van der Waals surface area (Å²) in [6.45, 7) is 9.70. The van der Waals surface area contributed by atoms with Crippen LogP contribution in [0.5, 0.6) is 0 Å². The van der Waals surface area contributed by atoms with Crippen LogP contribution in [-0.2, 0) is 24.2 Å². The van der Waals surface area contributed by atoms with E-state index in [1.165, 1.54) is 35.4 Å². The van der Waals surface area contributed by atoms with E-state index < -0.39 is 0 Å². The molecule has 2 atom stereocenters. The first kappa shape index (κ1) is 18.1. The van der Waals surface area contributed by atoms with Crippen LogP contribution < -0.4 is 4.90 Å². The molecule has 2 fully saturated rings. The van der Waals surface area contributed by atoms with Crippen molar-refractivity contribution in [3.63, 3.8) is 0 Å². The Hall–Kier alpha value is -1.99. The monoisotopic (exact) mass is 382 g/mol. The topological polar surface area (TPSA) is 59.3 Å². The lowest BCUT2D eigenvalue weighted by Gasteiger charge is -2.36. The minimum Gasteiger partial charge on any atom is -0.378 e. The Morgan fingerprint density at radius 1 is 1.18 bits per heavy atom. The van der Waals surface area contributed by atoms with Crippen LogP contribution in [0.4, 0.5) is 5.95 Å². The number of fused-ring (bicyclic) bond motifs is 4. The van der Waals surface area contributed by atoms with Gasteiger partial charge in [0.1, 0.15) is 0 Å². The molecule has 0 amide bonds. The Morgan fingerprint density at radius 2 is 2.04 bits per heavy atom. The third-order valence-corrected chi connectivity index (χ3v) is 6.61. The van der Waals surface area contributed by atoms with E-state index in [2.05, 4.69) is 45.8 Å². The van der Waals surface area contributed by atoms with E-state index >= 15 is 0 Å². The third kappa shape index (κ3) is 3.10. The summed E-state index contributed by atoms with van der Waals surface area (Å²) in [6.07, 6.45) is 8.77. The fraction of sp³-hybridized carbons (Fsp3) is 0.667. The third-order valence-electron chi connectivity index (χ3n) is 6.61. The number of morpholine rings is 1. The van der Waals surface area contributed by atoms with Crippen LogP contribution in [0.2, 0.25) is 0 Å². The predicted molar refractivity (Wildman–Crippen MR) is 107 cm³/mol. The second-order valence-corrected chi connectivity index (χ2v) is 8.27. The molecule has 2 aromatic heterocycles. The normalized spacial score (nSPS) is 24.6. The van der Waals surface area contributed by atoms with E-state index in [0.29, 0.717) is 12.1 Å². The first-order chi connectivity index (χ1) is 13.7. The smallest absolute Gasteiger partial charge is 0.225 e. The molecule has 0 spiro atoms. The molecule has 0 saturated carbocycles. The molecule has 2 unspecified atom stereocenters. The molecule has 28 heavy (non-hydrogen) atoms. The minimum atomic E-state index is 0.446. The largest absolute Gasteiger partial charge is 0.378 e. The van der Waals surface area contributed by atoms with Gasteiger partial charge in [-0.15, -0.1) is 0 Å². The molecule has 2 bridgehead atoms. The van der Waals surface area contributed by atoms with Crippen LogP contribution in [0.1, 0.15) is 54.7 Å². The zero-order valence-corrected chi connectivity index (χ0v) is 17.0. The van der Waals surface area contributed by atoms with E-state index in [1.54, 1.807) is 0 Å². The SMILES string of the molecule is CCCn1ncc(CN2C3CCC2c2cnc(N4CCOCC4)nc2C3)c1C. The molecule has 0 radical (unpaired) electrons. The van der Waals surface area contributed by atoms with E-state index in [4.69, 9.17) is 14.7 Å². The summed E-state index contributed by atoms with van der Waals surface area (Å²) in [5, 5.41) is 4.60. The van der Waals surface area contributed by atoms with Crippen LogP contribution in [0.15, 0.2) is 12.4 Å². The second kappa shape index (κ2) is 7.44. The van der Waals surface area contributed by atoms with Crippen molar-refractivity contribution in [2.75, 3.05) is 31.2 Å². The van der Waals surface area contributed by atoms with E-state index in [1.807, 2.05) is 0 Å². The maximum absolute atomic E-state index is 5.46. The molecule has 7 heteroatoms. The lowest BCUT2D eigenvalue weighted by molar-refractivity contribution is 0.122. The predicted octanol–water partition coefficient (Wildman–Crippen LogP) is 2.49. The van der Waals surface area contributed by atoms with Gasteiger partial charge in [0.15, 0.2) is 0 Å². The first-order valence-corrected chi connectivity index (χ1v) is 10.7. The highest BCUT2D eigenvalue weighted by molar-refractivity contribution is 5.37. The van der Waals surface area contributed by atoms with Crippen molar-refractivity contribution < 1.29 is 4.74 Å². The van der Waals surface area contributed by atoms with Crippen molar-refractivity contribution in [2.24, 2.45) is 0 Å². The lowest BCUT2D eigenvalue weighted by Crippen LogP contribution is -2.40. The van der Waals surface area contributed by atoms with Crippen LogP contribution in [0.3, 0.4) is 0 Å². The molecule has 2 aromatic rings. The van der Waals surface area contributed by atoms with Gasteiger partial charge < -0.3 is 9.64 Å². The Bertz CT molecular complexity index is 843. The summed E-state index contributed by atoms with van der Waals surface area (Å²) in [4.78, 5) is 14.6. The van der Waals surface area contributed by atoms with E-state index in [9.17, 15) is 0 Å². The maximum Gasteiger partial charge on any atom is 0.225 e. The van der Waals surface area contributed by atoms with Crippen molar-refractivity contribution >= 4 is 5.95 Å². The highest BCUT2D eigenvalue weighted by Crippen LogP contribution is 2.44. The summed E-state index contributed by atoms with van der Waals surface area (Å²) in [5.74, 6) is 0.881. The molecule has 5 rings (SSSR count). The molecular weight excluding hydrogens is 352 g/mol. The van der Waals surface area contributed by atoms with Gasteiger partial charge in [0, 0.05) is 67.7 Å². The Balaban J connectivity index is 1.37. The maximum atomic E-state index is 5.46. The molecule has 3 aliphatic rings. The number of hydrogen-bond donors (Lipinski definition) is 0. The lowest BCUT2D eigenvalue weighted by atomic mass is 9.98. The number of hydrogen-bond acceptors (Lipinski definition) is 6. The van der Waals surface area contributed by atoms with Crippen molar-refractivity contribution in [3.8, 4) is 0 Å². The molecule has 0 aromatic carbocycles. The average Bonchev–Trinajstić information content (AvgIpc) is 3.21. The van der Waals surface area contributed by atoms with Crippen LogP contribution in [-0.4, -0.2) is 57.0 Å². The number of ether oxygens (including phenoxy) is 1. The fourth-order valence-corrected chi connectivity index (χ4v) is 5.00. The molecule has 150 valence electrons. The van der Waals surface area contributed by atoms with Crippen LogP contribution in [0, 0.1) is 6.92 Å². The summed E-state index contributed by atoms with van der Waals surface area (Å²) in [5.41, 5.74) is 5.27. The summed E-state index contributed by atoms with van der Waals surface area (Å²) in [7, 11) is 0. The minimum absolute atomic E-state index is 0.446. The van der Waals surface area contributed by atoms with Crippen molar-refractivity contribution in [3.05, 3.63) is 34.9 Å². The highest BCUT2D eigenvalue weighted by Gasteiger charge is 2.41. The van der Waals surface area contributed by atoms with Gasteiger partial charge in [0.25, 0.3) is 0 Å². The van der Waals surface area contributed by atoms with Gasteiger partial charge in [0.05, 0.1) is 25.1 Å². The number of aromatic nitrogens is 4. The van der Waals surface area contributed by atoms with Crippen LogP contribution in [0.25, 0.3) is 0 Å². The summed E-state index contributed by atoms with van der Waals surface area (Å²) < 4.78 is 7.61. The second-order valence-electron chi connectivity index (χ2n) is 8.27. The zero-order chi connectivity index (χ0) is 19.1. The Kier molecular flexibility index (Phi) is 4.80. The van der Waals surface area contributed by atoms with Crippen molar-refractivity contribution in [1.29, 1.82) is 0 Å². The number of anilines is 1. The Labute approximate surface area is 166 Å².